The second-order valence-corrected chi connectivity index (χ2v) is 6.37. The summed E-state index contributed by atoms with van der Waals surface area (Å²) in [4.78, 5) is 0. The van der Waals surface area contributed by atoms with Crippen LogP contribution < -0.4 is 5.32 Å². The third kappa shape index (κ3) is 3.29. The predicted octanol–water partition coefficient (Wildman–Crippen LogP) is 5.88. The summed E-state index contributed by atoms with van der Waals surface area (Å²) < 4.78 is 1.43. The fraction of sp³-hybridized carbons (Fsp3) is 0.167. The van der Waals surface area contributed by atoms with E-state index in [1.54, 1.807) is 0 Å². The highest BCUT2D eigenvalue weighted by atomic mass is 35.5. The minimum Gasteiger partial charge on any atom is -0.378 e. The van der Waals surface area contributed by atoms with Crippen LogP contribution in [0.4, 0.5) is 5.69 Å². The van der Waals surface area contributed by atoms with Gasteiger partial charge in [0.1, 0.15) is 0 Å². The molecule has 1 nitrogen and oxygen atoms in total. The fourth-order valence-electron chi connectivity index (χ4n) is 1.52. The summed E-state index contributed by atoms with van der Waals surface area (Å²) in [6.45, 7) is 2.04. The fourth-order valence-corrected chi connectivity index (χ4v) is 3.29. The van der Waals surface area contributed by atoms with Gasteiger partial charge in [0.15, 0.2) is 0 Å². The highest BCUT2D eigenvalue weighted by Gasteiger charge is 2.13. The molecule has 0 aliphatic carbocycles. The van der Waals surface area contributed by atoms with Crippen molar-refractivity contribution in [3.8, 4) is 0 Å². The molecule has 1 aromatic heterocycles. The van der Waals surface area contributed by atoms with Crippen molar-refractivity contribution >= 4 is 51.8 Å². The van der Waals surface area contributed by atoms with E-state index >= 15 is 0 Å². The number of hydrogen-bond acceptors (Lipinski definition) is 2. The van der Waals surface area contributed by atoms with Gasteiger partial charge in [-0.15, -0.1) is 11.3 Å². The SMILES string of the molecule is CC(Nc1ccc(Cl)cc1)c1cc(Cl)sc1Cl. The van der Waals surface area contributed by atoms with E-state index in [-0.39, 0.29) is 6.04 Å². The smallest absolute Gasteiger partial charge is 0.0996 e. The van der Waals surface area contributed by atoms with Gasteiger partial charge in [-0.25, -0.2) is 0 Å². The highest BCUT2D eigenvalue weighted by Crippen LogP contribution is 2.36. The van der Waals surface area contributed by atoms with Crippen LogP contribution in [0.5, 0.6) is 0 Å². The van der Waals surface area contributed by atoms with E-state index in [9.17, 15) is 0 Å². The highest BCUT2D eigenvalue weighted by molar-refractivity contribution is 7.20. The minimum absolute atomic E-state index is 0.104. The van der Waals surface area contributed by atoms with Crippen LogP contribution in [0.2, 0.25) is 13.7 Å². The Hall–Kier alpha value is -0.410. The molecule has 0 fully saturated rings. The van der Waals surface area contributed by atoms with Crippen molar-refractivity contribution in [2.24, 2.45) is 0 Å². The first-order valence-electron chi connectivity index (χ1n) is 5.03. The molecule has 0 spiro atoms. The molecule has 17 heavy (non-hydrogen) atoms. The standard InChI is InChI=1S/C12H10Cl3NS/c1-7(10-6-11(14)17-12(10)15)16-9-4-2-8(13)3-5-9/h2-7,16H,1H3. The molecular weight excluding hydrogens is 297 g/mol. The van der Waals surface area contributed by atoms with Crippen molar-refractivity contribution in [2.75, 3.05) is 5.32 Å². The van der Waals surface area contributed by atoms with Gasteiger partial charge >= 0.3 is 0 Å². The number of benzene rings is 1. The third-order valence-electron chi connectivity index (χ3n) is 2.38. The van der Waals surface area contributed by atoms with Crippen molar-refractivity contribution in [3.05, 3.63) is 49.6 Å². The Labute approximate surface area is 119 Å². The van der Waals surface area contributed by atoms with Crippen molar-refractivity contribution in [1.82, 2.24) is 0 Å². The van der Waals surface area contributed by atoms with Crippen LogP contribution in [0.25, 0.3) is 0 Å². The van der Waals surface area contributed by atoms with Crippen molar-refractivity contribution in [3.63, 3.8) is 0 Å². The number of nitrogens with one attached hydrogen (secondary N) is 1. The molecular formula is C12H10Cl3NS. The lowest BCUT2D eigenvalue weighted by Crippen LogP contribution is -2.05. The largest absolute Gasteiger partial charge is 0.378 e. The first-order chi connectivity index (χ1) is 8.06. The van der Waals surface area contributed by atoms with Gasteiger partial charge < -0.3 is 5.32 Å². The van der Waals surface area contributed by atoms with Gasteiger partial charge in [0, 0.05) is 16.3 Å². The summed E-state index contributed by atoms with van der Waals surface area (Å²) in [7, 11) is 0. The lowest BCUT2D eigenvalue weighted by atomic mass is 10.1. The zero-order valence-electron chi connectivity index (χ0n) is 9.01. The van der Waals surface area contributed by atoms with Gasteiger partial charge in [-0.05, 0) is 37.3 Å². The van der Waals surface area contributed by atoms with E-state index in [0.29, 0.717) is 4.34 Å². The Balaban J connectivity index is 2.14. The minimum atomic E-state index is 0.104. The predicted molar refractivity (Wildman–Crippen MR) is 77.8 cm³/mol. The molecule has 0 amide bonds. The molecule has 1 aromatic carbocycles. The molecule has 5 heteroatoms. The molecule has 0 saturated heterocycles. The molecule has 1 atom stereocenters. The van der Waals surface area contributed by atoms with Crippen molar-refractivity contribution in [1.29, 1.82) is 0 Å². The summed E-state index contributed by atoms with van der Waals surface area (Å²) in [6, 6.07) is 9.55. The second-order valence-electron chi connectivity index (χ2n) is 3.65. The average Bonchev–Trinajstić information content (AvgIpc) is 2.61. The van der Waals surface area contributed by atoms with Gasteiger partial charge in [0.05, 0.1) is 14.7 Å². The maximum atomic E-state index is 6.10. The van der Waals surface area contributed by atoms with Gasteiger partial charge in [0.25, 0.3) is 0 Å². The normalized spacial score (nSPS) is 12.5. The Bertz CT molecular complexity index is 507. The van der Waals surface area contributed by atoms with Crippen LogP contribution in [0.15, 0.2) is 30.3 Å². The number of thiophene rings is 1. The molecule has 2 rings (SSSR count). The third-order valence-corrected chi connectivity index (χ3v) is 4.15. The molecule has 2 aromatic rings. The Kier molecular flexibility index (Phi) is 4.21. The molecule has 1 heterocycles. The van der Waals surface area contributed by atoms with Crippen LogP contribution in [0, 0.1) is 0 Å². The number of halogens is 3. The van der Waals surface area contributed by atoms with E-state index in [4.69, 9.17) is 34.8 Å². The van der Waals surface area contributed by atoms with Gasteiger partial charge in [-0.1, -0.05) is 34.8 Å². The molecule has 90 valence electrons. The van der Waals surface area contributed by atoms with Gasteiger partial charge in [0.2, 0.25) is 0 Å². The molecule has 0 saturated carbocycles. The zero-order chi connectivity index (χ0) is 12.4. The lowest BCUT2D eigenvalue weighted by Gasteiger charge is -2.14. The first-order valence-corrected chi connectivity index (χ1v) is 6.98. The monoisotopic (exact) mass is 305 g/mol. The second kappa shape index (κ2) is 5.49. The average molecular weight is 307 g/mol. The maximum absolute atomic E-state index is 6.10. The quantitative estimate of drug-likeness (QED) is 0.746. The van der Waals surface area contributed by atoms with E-state index in [1.165, 1.54) is 11.3 Å². The summed E-state index contributed by atoms with van der Waals surface area (Å²) in [5.41, 5.74) is 2.01. The van der Waals surface area contributed by atoms with E-state index in [0.717, 1.165) is 20.6 Å². The summed E-state index contributed by atoms with van der Waals surface area (Å²) >= 11 is 19.2. The first kappa shape index (κ1) is 13.0. The zero-order valence-corrected chi connectivity index (χ0v) is 12.1. The van der Waals surface area contributed by atoms with E-state index in [2.05, 4.69) is 5.32 Å². The number of hydrogen-bond donors (Lipinski definition) is 1. The van der Waals surface area contributed by atoms with Crippen molar-refractivity contribution in [2.45, 2.75) is 13.0 Å². The van der Waals surface area contributed by atoms with Crippen LogP contribution in [0.3, 0.4) is 0 Å². The molecule has 0 aliphatic rings. The van der Waals surface area contributed by atoms with E-state index < -0.39 is 0 Å². The van der Waals surface area contributed by atoms with Crippen LogP contribution in [-0.2, 0) is 0 Å². The van der Waals surface area contributed by atoms with E-state index in [1.807, 2.05) is 37.3 Å². The van der Waals surface area contributed by atoms with Crippen molar-refractivity contribution < 1.29 is 0 Å². The summed E-state index contributed by atoms with van der Waals surface area (Å²) in [6.07, 6.45) is 0. The Morgan fingerprint density at radius 2 is 1.76 bits per heavy atom. The lowest BCUT2D eigenvalue weighted by molar-refractivity contribution is 0.891. The van der Waals surface area contributed by atoms with Crippen LogP contribution in [-0.4, -0.2) is 0 Å². The van der Waals surface area contributed by atoms with Crippen LogP contribution >= 0.6 is 46.1 Å². The van der Waals surface area contributed by atoms with Crippen LogP contribution in [0.1, 0.15) is 18.5 Å². The molecule has 0 aliphatic heterocycles. The topological polar surface area (TPSA) is 12.0 Å². The maximum Gasteiger partial charge on any atom is 0.0996 e. The molecule has 1 N–H and O–H groups in total. The molecule has 0 bridgehead atoms. The Morgan fingerprint density at radius 3 is 2.29 bits per heavy atom. The summed E-state index contributed by atoms with van der Waals surface area (Å²) in [5, 5.41) is 4.07. The molecule has 0 radical (unpaired) electrons. The summed E-state index contributed by atoms with van der Waals surface area (Å²) in [5.74, 6) is 0. The number of rotatable bonds is 3. The Morgan fingerprint density at radius 1 is 1.12 bits per heavy atom. The molecule has 1 unspecified atom stereocenters. The van der Waals surface area contributed by atoms with Gasteiger partial charge in [-0.3, -0.25) is 0 Å². The number of anilines is 1. The van der Waals surface area contributed by atoms with Gasteiger partial charge in [-0.2, -0.15) is 0 Å².